The Morgan fingerprint density at radius 1 is 1.00 bits per heavy atom. The summed E-state index contributed by atoms with van der Waals surface area (Å²) in [4.78, 5) is 32.2. The number of hydrogen-bond donors (Lipinski definition) is 1. The average Bonchev–Trinajstić information content (AvgIpc) is 3.27. The highest BCUT2D eigenvalue weighted by atomic mass is 35.5. The number of halogens is 1. The van der Waals surface area contributed by atoms with Crippen molar-refractivity contribution in [3.05, 3.63) is 100 Å². The van der Waals surface area contributed by atoms with Crippen LogP contribution in [0.2, 0.25) is 5.02 Å². The second-order valence-corrected chi connectivity index (χ2v) is 8.96. The molecule has 2 heterocycles. The van der Waals surface area contributed by atoms with E-state index in [1.807, 2.05) is 66.7 Å². The predicted molar refractivity (Wildman–Crippen MR) is 135 cm³/mol. The van der Waals surface area contributed by atoms with Gasteiger partial charge in [0.25, 0.3) is 0 Å². The number of hydrogen-bond acceptors (Lipinski definition) is 4. The van der Waals surface area contributed by atoms with Crippen molar-refractivity contribution in [3.8, 4) is 5.75 Å². The number of amides is 1. The Bertz CT molecular complexity index is 1400. The maximum Gasteiger partial charge on any atom is 0.328 e. The number of carbonyl (C=O) groups is 2. The molecule has 1 aromatic heterocycles. The van der Waals surface area contributed by atoms with E-state index in [1.165, 1.54) is 7.11 Å². The predicted octanol–water partition coefficient (Wildman–Crippen LogP) is 5.09. The van der Waals surface area contributed by atoms with Crippen molar-refractivity contribution in [2.45, 2.75) is 24.9 Å². The molecule has 7 heteroatoms. The molecule has 1 amide bonds. The molecule has 0 fully saturated rings. The number of nitrogens with zero attached hydrogens (tertiary/aromatic N) is 1. The molecular weight excluding hydrogens is 464 g/mol. The van der Waals surface area contributed by atoms with E-state index < -0.39 is 18.1 Å². The number of esters is 1. The highest BCUT2D eigenvalue weighted by Gasteiger charge is 2.44. The molecule has 0 aliphatic carbocycles. The van der Waals surface area contributed by atoms with Crippen molar-refractivity contribution >= 4 is 34.4 Å². The highest BCUT2D eigenvalue weighted by molar-refractivity contribution is 6.31. The number of benzene rings is 3. The van der Waals surface area contributed by atoms with Crippen molar-refractivity contribution in [3.63, 3.8) is 0 Å². The molecule has 1 aliphatic heterocycles. The third kappa shape index (κ3) is 4.15. The first-order chi connectivity index (χ1) is 17.0. The number of para-hydroxylation sites is 1. The van der Waals surface area contributed by atoms with Gasteiger partial charge in [-0.15, -0.1) is 0 Å². The second-order valence-electron chi connectivity index (χ2n) is 8.55. The first-order valence-electron chi connectivity index (χ1n) is 11.4. The number of H-pyrrole nitrogens is 1. The SMILES string of the molecule is COC(=O)C1Cc2c([nH]c3ccccc23)C(c2ccc(OC)cc2)N1C(=O)Cc1ccccc1Cl. The minimum atomic E-state index is -0.784. The first-order valence-corrected chi connectivity index (χ1v) is 11.8. The lowest BCUT2D eigenvalue weighted by atomic mass is 9.87. The molecule has 4 aromatic rings. The molecule has 0 saturated heterocycles. The van der Waals surface area contributed by atoms with Gasteiger partial charge < -0.3 is 19.4 Å². The number of carbonyl (C=O) groups excluding carboxylic acids is 2. The Hall–Kier alpha value is -3.77. The number of fused-ring (bicyclic) bond motifs is 3. The van der Waals surface area contributed by atoms with E-state index in [4.69, 9.17) is 21.1 Å². The average molecular weight is 489 g/mol. The number of nitrogens with one attached hydrogen (secondary N) is 1. The van der Waals surface area contributed by atoms with Crippen LogP contribution in [0.25, 0.3) is 10.9 Å². The van der Waals surface area contributed by atoms with Gasteiger partial charge in [-0.1, -0.05) is 60.1 Å². The molecule has 0 saturated carbocycles. The summed E-state index contributed by atoms with van der Waals surface area (Å²) < 4.78 is 10.5. The van der Waals surface area contributed by atoms with Crippen LogP contribution >= 0.6 is 11.6 Å². The summed E-state index contributed by atoms with van der Waals surface area (Å²) in [5.41, 5.74) is 4.43. The fourth-order valence-corrected chi connectivity index (χ4v) is 5.15. The Kier molecular flexibility index (Phi) is 6.22. The second kappa shape index (κ2) is 9.47. The summed E-state index contributed by atoms with van der Waals surface area (Å²) in [6.07, 6.45) is 0.419. The van der Waals surface area contributed by atoms with Gasteiger partial charge in [0, 0.05) is 28.0 Å². The van der Waals surface area contributed by atoms with Crippen LogP contribution in [0.4, 0.5) is 0 Å². The zero-order valence-electron chi connectivity index (χ0n) is 19.5. The lowest BCUT2D eigenvalue weighted by Crippen LogP contribution is -2.52. The maximum atomic E-state index is 13.9. The van der Waals surface area contributed by atoms with E-state index in [-0.39, 0.29) is 12.3 Å². The van der Waals surface area contributed by atoms with E-state index in [2.05, 4.69) is 4.98 Å². The van der Waals surface area contributed by atoms with Crippen LogP contribution in [0.5, 0.6) is 5.75 Å². The van der Waals surface area contributed by atoms with Crippen LogP contribution in [0.15, 0.2) is 72.8 Å². The van der Waals surface area contributed by atoms with Gasteiger partial charge in [-0.05, 0) is 41.0 Å². The number of ether oxygens (including phenoxy) is 2. The Morgan fingerprint density at radius 3 is 2.43 bits per heavy atom. The summed E-state index contributed by atoms with van der Waals surface area (Å²) in [5.74, 6) is 0.0467. The van der Waals surface area contributed by atoms with Gasteiger partial charge in [-0.3, -0.25) is 4.79 Å². The van der Waals surface area contributed by atoms with E-state index in [0.29, 0.717) is 22.8 Å². The normalized spacial score (nSPS) is 17.2. The lowest BCUT2D eigenvalue weighted by Gasteiger charge is -2.41. The van der Waals surface area contributed by atoms with Gasteiger partial charge >= 0.3 is 5.97 Å². The van der Waals surface area contributed by atoms with Gasteiger partial charge in [0.2, 0.25) is 5.91 Å². The molecule has 0 radical (unpaired) electrons. The molecule has 6 nitrogen and oxygen atoms in total. The van der Waals surface area contributed by atoms with E-state index in [1.54, 1.807) is 18.1 Å². The number of aromatic amines is 1. The minimum Gasteiger partial charge on any atom is -0.497 e. The van der Waals surface area contributed by atoms with Crippen LogP contribution in [0.3, 0.4) is 0 Å². The Balaban J connectivity index is 1.68. The highest BCUT2D eigenvalue weighted by Crippen LogP contribution is 2.42. The molecule has 5 rings (SSSR count). The summed E-state index contributed by atoms with van der Waals surface area (Å²) in [6, 6.07) is 21.5. The molecule has 3 aromatic carbocycles. The monoisotopic (exact) mass is 488 g/mol. The Morgan fingerprint density at radius 2 is 1.71 bits per heavy atom. The zero-order valence-corrected chi connectivity index (χ0v) is 20.2. The van der Waals surface area contributed by atoms with Gasteiger partial charge in [-0.25, -0.2) is 4.79 Å². The summed E-state index contributed by atoms with van der Waals surface area (Å²) in [5, 5.41) is 1.55. The van der Waals surface area contributed by atoms with Gasteiger partial charge in [0.15, 0.2) is 0 Å². The summed E-state index contributed by atoms with van der Waals surface area (Å²) in [7, 11) is 2.96. The van der Waals surface area contributed by atoms with Gasteiger partial charge in [0.1, 0.15) is 11.8 Å². The zero-order chi connectivity index (χ0) is 24.5. The summed E-state index contributed by atoms with van der Waals surface area (Å²) >= 11 is 6.37. The molecule has 0 bridgehead atoms. The van der Waals surface area contributed by atoms with Crippen molar-refractivity contribution in [1.82, 2.24) is 9.88 Å². The number of rotatable bonds is 5. The molecule has 0 spiro atoms. The largest absolute Gasteiger partial charge is 0.497 e. The molecular formula is C28H25ClN2O4. The van der Waals surface area contributed by atoms with E-state index >= 15 is 0 Å². The van der Waals surface area contributed by atoms with Gasteiger partial charge in [0.05, 0.1) is 26.7 Å². The van der Waals surface area contributed by atoms with Crippen molar-refractivity contribution in [2.24, 2.45) is 0 Å². The standard InChI is InChI=1S/C28H25ClN2O4/c1-34-19-13-11-17(12-14-19)27-26-21(20-8-4-6-10-23(20)30-26)16-24(28(33)35-2)31(27)25(32)15-18-7-3-5-9-22(18)29/h3-14,24,27,30H,15-16H2,1-2H3. The summed E-state index contributed by atoms with van der Waals surface area (Å²) in [6.45, 7) is 0. The maximum absolute atomic E-state index is 13.9. The van der Waals surface area contributed by atoms with Crippen LogP contribution in [0, 0.1) is 0 Å². The van der Waals surface area contributed by atoms with Crippen LogP contribution in [-0.4, -0.2) is 42.0 Å². The van der Waals surface area contributed by atoms with E-state index in [0.717, 1.165) is 27.7 Å². The fraction of sp³-hybridized carbons (Fsp3) is 0.214. The fourth-order valence-electron chi connectivity index (χ4n) is 4.95. The smallest absolute Gasteiger partial charge is 0.328 e. The van der Waals surface area contributed by atoms with Gasteiger partial charge in [-0.2, -0.15) is 0 Å². The molecule has 178 valence electrons. The molecule has 1 aliphatic rings. The van der Waals surface area contributed by atoms with E-state index in [9.17, 15) is 9.59 Å². The van der Waals surface area contributed by atoms with Crippen LogP contribution in [0.1, 0.15) is 28.4 Å². The topological polar surface area (TPSA) is 71.6 Å². The first kappa shape index (κ1) is 23.0. The number of methoxy groups -OCH3 is 2. The molecule has 1 N–H and O–H groups in total. The quantitative estimate of drug-likeness (QED) is 0.397. The minimum absolute atomic E-state index is 0.0649. The number of aromatic nitrogens is 1. The van der Waals surface area contributed by atoms with Crippen molar-refractivity contribution < 1.29 is 19.1 Å². The van der Waals surface area contributed by atoms with Crippen molar-refractivity contribution in [1.29, 1.82) is 0 Å². The van der Waals surface area contributed by atoms with Crippen LogP contribution < -0.4 is 4.74 Å². The van der Waals surface area contributed by atoms with Crippen molar-refractivity contribution in [2.75, 3.05) is 14.2 Å². The van der Waals surface area contributed by atoms with Crippen LogP contribution in [-0.2, 0) is 27.2 Å². The molecule has 2 atom stereocenters. The third-order valence-corrected chi connectivity index (χ3v) is 6.99. The lowest BCUT2D eigenvalue weighted by molar-refractivity contribution is -0.155. The third-order valence-electron chi connectivity index (χ3n) is 6.62. The molecule has 35 heavy (non-hydrogen) atoms. The molecule has 2 unspecified atom stereocenters. The Labute approximate surface area is 208 Å².